The molecule has 1 amide bonds. The van der Waals surface area contributed by atoms with Gasteiger partial charge in [0.25, 0.3) is 5.69 Å². The average molecular weight is 489 g/mol. The topological polar surface area (TPSA) is 167 Å². The van der Waals surface area contributed by atoms with Crippen molar-refractivity contribution >= 4 is 23.5 Å². The van der Waals surface area contributed by atoms with Gasteiger partial charge in [0.15, 0.2) is 0 Å². The van der Waals surface area contributed by atoms with E-state index in [-0.39, 0.29) is 36.3 Å². The van der Waals surface area contributed by atoms with E-state index in [4.69, 9.17) is 5.73 Å². The van der Waals surface area contributed by atoms with E-state index < -0.39 is 40.1 Å². The summed E-state index contributed by atoms with van der Waals surface area (Å²) in [6.45, 7) is 4.07. The van der Waals surface area contributed by atoms with Crippen LogP contribution in [-0.2, 0) is 14.4 Å². The summed E-state index contributed by atoms with van der Waals surface area (Å²) in [6.07, 6.45) is 2.00. The molecule has 0 aromatic heterocycles. The summed E-state index contributed by atoms with van der Waals surface area (Å²) in [7, 11) is 1.64. The molecule has 1 heterocycles. The van der Waals surface area contributed by atoms with Crippen molar-refractivity contribution in [2.75, 3.05) is 26.7 Å². The number of non-ortho nitro benzene ring substituents is 1. The van der Waals surface area contributed by atoms with Crippen LogP contribution in [0.25, 0.3) is 0 Å². The van der Waals surface area contributed by atoms with Crippen LogP contribution in [0.5, 0.6) is 0 Å². The van der Waals surface area contributed by atoms with Crippen molar-refractivity contribution < 1.29 is 29.5 Å². The van der Waals surface area contributed by atoms with E-state index in [1.165, 1.54) is 18.2 Å². The van der Waals surface area contributed by atoms with Gasteiger partial charge < -0.3 is 20.8 Å². The van der Waals surface area contributed by atoms with Crippen molar-refractivity contribution in [2.45, 2.75) is 45.1 Å². The van der Waals surface area contributed by atoms with Gasteiger partial charge in [-0.25, -0.2) is 4.79 Å². The quantitative estimate of drug-likeness (QED) is 0.312. The highest BCUT2D eigenvalue weighted by Crippen LogP contribution is 2.54. The maximum absolute atomic E-state index is 13.2. The van der Waals surface area contributed by atoms with Gasteiger partial charge in [0.05, 0.1) is 17.0 Å². The maximum atomic E-state index is 13.2. The van der Waals surface area contributed by atoms with E-state index in [0.717, 1.165) is 12.8 Å². The van der Waals surface area contributed by atoms with Gasteiger partial charge in [-0.15, -0.1) is 0 Å². The van der Waals surface area contributed by atoms with Crippen molar-refractivity contribution in [3.8, 4) is 0 Å². The van der Waals surface area contributed by atoms with Crippen molar-refractivity contribution in [1.29, 1.82) is 0 Å². The molecule has 35 heavy (non-hydrogen) atoms. The Morgan fingerprint density at radius 1 is 1.29 bits per heavy atom. The number of allylic oxidation sites excluding steroid dienone is 1. The summed E-state index contributed by atoms with van der Waals surface area (Å²) in [6, 6.07) is 4.91. The van der Waals surface area contributed by atoms with E-state index >= 15 is 0 Å². The Bertz CT molecular complexity index is 1070. The Balaban J connectivity index is 2.24. The summed E-state index contributed by atoms with van der Waals surface area (Å²) in [5, 5.41) is 32.5. The second-order valence-electron chi connectivity index (χ2n) is 9.66. The zero-order chi connectivity index (χ0) is 26.1. The molecule has 0 radical (unpaired) electrons. The molecule has 3 atom stereocenters. The van der Waals surface area contributed by atoms with Gasteiger partial charge in [-0.3, -0.25) is 24.6 Å². The molecular formula is C24H32N4O7. The Kier molecular flexibility index (Phi) is 7.49. The first-order valence-electron chi connectivity index (χ1n) is 11.5. The van der Waals surface area contributed by atoms with Gasteiger partial charge in [0, 0.05) is 36.3 Å². The smallest absolute Gasteiger partial charge is 0.333 e. The number of nitro benzene ring substituents is 1. The Hall–Kier alpha value is -3.47. The summed E-state index contributed by atoms with van der Waals surface area (Å²) in [4.78, 5) is 51.5. The van der Waals surface area contributed by atoms with E-state index in [2.05, 4.69) is 0 Å². The van der Waals surface area contributed by atoms with E-state index in [9.17, 15) is 34.7 Å². The Morgan fingerprint density at radius 3 is 2.46 bits per heavy atom. The molecule has 0 saturated heterocycles. The molecule has 11 nitrogen and oxygen atoms in total. The first-order chi connectivity index (χ1) is 16.4. The minimum Gasteiger partial charge on any atom is -0.481 e. The fourth-order valence-electron chi connectivity index (χ4n) is 5.35. The molecule has 1 fully saturated rings. The molecule has 4 N–H and O–H groups in total. The van der Waals surface area contributed by atoms with E-state index in [1.54, 1.807) is 31.9 Å². The third kappa shape index (κ3) is 5.14. The largest absolute Gasteiger partial charge is 0.481 e. The zero-order valence-corrected chi connectivity index (χ0v) is 20.1. The molecule has 1 saturated carbocycles. The molecule has 190 valence electrons. The molecule has 1 aromatic rings. The molecule has 1 aromatic carbocycles. The van der Waals surface area contributed by atoms with E-state index in [1.807, 2.05) is 4.90 Å². The number of benzene rings is 1. The normalized spacial score (nSPS) is 24.5. The van der Waals surface area contributed by atoms with Gasteiger partial charge in [-0.05, 0) is 58.2 Å². The number of nitrogens with zero attached hydrogens (tertiary/aromatic N) is 3. The number of nitrogens with two attached hydrogens (primary N) is 1. The second-order valence-corrected chi connectivity index (χ2v) is 9.66. The predicted octanol–water partition coefficient (Wildman–Crippen LogP) is 2.03. The number of carbonyl (C=O) groups is 3. The number of primary amides is 1. The van der Waals surface area contributed by atoms with Gasteiger partial charge in [0.2, 0.25) is 5.91 Å². The third-order valence-corrected chi connectivity index (χ3v) is 7.37. The zero-order valence-electron chi connectivity index (χ0n) is 20.1. The molecular weight excluding hydrogens is 456 g/mol. The second kappa shape index (κ2) is 10.0. The number of hydrogen-bond donors (Lipinski definition) is 3. The van der Waals surface area contributed by atoms with Crippen LogP contribution in [0.15, 0.2) is 35.5 Å². The number of rotatable bonds is 11. The summed E-state index contributed by atoms with van der Waals surface area (Å²) in [5.41, 5.74) is 4.06. The molecule has 11 heteroatoms. The van der Waals surface area contributed by atoms with Crippen LogP contribution in [0.2, 0.25) is 0 Å². The fraction of sp³-hybridized carbons (Fsp3) is 0.542. The predicted molar refractivity (Wildman–Crippen MR) is 126 cm³/mol. The standard InChI is InChI=1S/C24H32N4O7/c1-14-20(22(30)31)21(17-5-4-6-18(11-17)28(34)35)24(23(32)33,9-10-26(3)13-19(25)29)15(2)27(14)12-16-7-8-16/h4-6,11,15-16,21H,7-10,12-13H2,1-3H3,(H2,25,29)(H,30,31)(H,32,33). The van der Waals surface area contributed by atoms with Crippen LogP contribution in [0.3, 0.4) is 0 Å². The lowest BCUT2D eigenvalue weighted by Crippen LogP contribution is -2.59. The molecule has 3 rings (SSSR count). The van der Waals surface area contributed by atoms with Crippen LogP contribution in [0.4, 0.5) is 5.69 Å². The molecule has 3 unspecified atom stereocenters. The highest BCUT2D eigenvalue weighted by atomic mass is 16.6. The number of carboxylic acid groups (broad SMARTS) is 2. The van der Waals surface area contributed by atoms with E-state index in [0.29, 0.717) is 18.2 Å². The molecule has 0 spiro atoms. The summed E-state index contributed by atoms with van der Waals surface area (Å²) < 4.78 is 0. The lowest BCUT2D eigenvalue weighted by molar-refractivity contribution is -0.384. The van der Waals surface area contributed by atoms with Crippen LogP contribution in [0, 0.1) is 21.4 Å². The Morgan fingerprint density at radius 2 is 1.94 bits per heavy atom. The highest BCUT2D eigenvalue weighted by Gasteiger charge is 2.58. The fourth-order valence-corrected chi connectivity index (χ4v) is 5.35. The summed E-state index contributed by atoms with van der Waals surface area (Å²) in [5.74, 6) is -3.81. The van der Waals surface area contributed by atoms with Crippen LogP contribution in [-0.4, -0.2) is 75.5 Å². The maximum Gasteiger partial charge on any atom is 0.333 e. The monoisotopic (exact) mass is 488 g/mol. The first kappa shape index (κ1) is 26.1. The Labute approximate surface area is 203 Å². The number of carboxylic acids is 2. The number of aliphatic carboxylic acids is 2. The minimum atomic E-state index is -1.64. The number of carbonyl (C=O) groups excluding carboxylic acids is 1. The van der Waals surface area contributed by atoms with Gasteiger partial charge in [0.1, 0.15) is 5.41 Å². The van der Waals surface area contributed by atoms with Crippen LogP contribution >= 0.6 is 0 Å². The van der Waals surface area contributed by atoms with Crippen molar-refractivity contribution in [2.24, 2.45) is 17.1 Å². The number of likely N-dealkylation sites (N-methyl/N-ethyl adjacent to an activating group) is 1. The number of nitro groups is 1. The average Bonchev–Trinajstić information content (AvgIpc) is 3.59. The molecule has 0 bridgehead atoms. The SMILES string of the molecule is CC1=C(C(=O)O)C(c2cccc([N+](=O)[O-])c2)C(CCN(C)CC(N)=O)(C(=O)O)C(C)N1CC1CC1. The van der Waals surface area contributed by atoms with Crippen LogP contribution < -0.4 is 5.73 Å². The van der Waals surface area contributed by atoms with Crippen molar-refractivity contribution in [3.05, 3.63) is 51.2 Å². The minimum absolute atomic E-state index is 0.00582. The third-order valence-electron chi connectivity index (χ3n) is 7.37. The number of amides is 1. The van der Waals surface area contributed by atoms with Gasteiger partial charge >= 0.3 is 11.9 Å². The number of hydrogen-bond acceptors (Lipinski definition) is 7. The molecule has 1 aliphatic carbocycles. The van der Waals surface area contributed by atoms with Gasteiger partial charge in [-0.1, -0.05) is 12.1 Å². The lowest BCUT2D eigenvalue weighted by atomic mass is 9.59. The molecule has 2 aliphatic rings. The lowest BCUT2D eigenvalue weighted by Gasteiger charge is -2.52. The molecule has 1 aliphatic heterocycles. The van der Waals surface area contributed by atoms with Crippen molar-refractivity contribution in [1.82, 2.24) is 9.80 Å². The van der Waals surface area contributed by atoms with Gasteiger partial charge in [-0.2, -0.15) is 0 Å². The van der Waals surface area contributed by atoms with Crippen molar-refractivity contribution in [3.63, 3.8) is 0 Å². The highest BCUT2D eigenvalue weighted by molar-refractivity contribution is 5.93. The first-order valence-corrected chi connectivity index (χ1v) is 11.5. The van der Waals surface area contributed by atoms with Crippen LogP contribution in [0.1, 0.15) is 44.6 Å². The summed E-state index contributed by atoms with van der Waals surface area (Å²) >= 11 is 0.